The Morgan fingerprint density at radius 1 is 1.32 bits per heavy atom. The molecule has 2 aromatic heterocycles. The Morgan fingerprint density at radius 2 is 2.12 bits per heavy atom. The summed E-state index contributed by atoms with van der Waals surface area (Å²) in [6, 6.07) is 7.20. The van der Waals surface area contributed by atoms with Gasteiger partial charge in [-0.3, -0.25) is 9.78 Å². The SMILES string of the molecule is Cc1ncc(F)cc1NC(=O)/C=C/c1ccc2c(C)nn(PI)c2c1. The molecule has 8 heteroatoms. The first-order chi connectivity index (χ1) is 12.0. The number of fused-ring (bicyclic) bond motifs is 1. The quantitative estimate of drug-likeness (QED) is 0.345. The van der Waals surface area contributed by atoms with Crippen molar-refractivity contribution < 1.29 is 9.18 Å². The first kappa shape index (κ1) is 17.9. The number of aryl methyl sites for hydroxylation is 2. The standard InChI is InChI=1S/C17H15FIN4OP/c1-10-14-5-3-12(7-16(14)23(22-10)25-19)4-6-17(24)21-15-8-13(18)9-20-11(15)2/h3-9,25H,1-2H3,(H,21,24)/b6-4+. The lowest BCUT2D eigenvalue weighted by Gasteiger charge is -2.05. The Hall–Kier alpha value is -1.86. The number of carbonyl (C=O) groups is 1. The summed E-state index contributed by atoms with van der Waals surface area (Å²) in [4.78, 5) is 16.0. The summed E-state index contributed by atoms with van der Waals surface area (Å²) in [5.74, 6) is -0.824. The van der Waals surface area contributed by atoms with Crippen molar-refractivity contribution in [2.24, 2.45) is 0 Å². The Balaban J connectivity index is 1.80. The van der Waals surface area contributed by atoms with Crippen LogP contribution in [0.3, 0.4) is 0 Å². The van der Waals surface area contributed by atoms with E-state index in [-0.39, 0.29) is 5.91 Å². The van der Waals surface area contributed by atoms with Crippen LogP contribution in [0.1, 0.15) is 17.0 Å². The number of pyridine rings is 1. The number of rotatable bonds is 4. The van der Waals surface area contributed by atoms with Gasteiger partial charge in [0.25, 0.3) is 0 Å². The molecule has 0 bridgehead atoms. The maximum atomic E-state index is 13.2. The lowest BCUT2D eigenvalue weighted by Crippen LogP contribution is -2.09. The molecule has 1 amide bonds. The second-order valence-electron chi connectivity index (χ2n) is 5.47. The third-order valence-corrected chi connectivity index (χ3v) is 5.58. The number of benzene rings is 1. The largest absolute Gasteiger partial charge is 0.321 e. The van der Waals surface area contributed by atoms with Gasteiger partial charge in [0.1, 0.15) is 5.82 Å². The molecular weight excluding hydrogens is 453 g/mol. The smallest absolute Gasteiger partial charge is 0.248 e. The highest BCUT2D eigenvalue weighted by molar-refractivity contribution is 14.2. The fourth-order valence-electron chi connectivity index (χ4n) is 2.44. The fraction of sp³-hybridized carbons (Fsp3) is 0.118. The van der Waals surface area contributed by atoms with Gasteiger partial charge in [0.2, 0.25) is 5.91 Å². The topological polar surface area (TPSA) is 59.8 Å². The molecule has 5 nitrogen and oxygen atoms in total. The number of hydrogen-bond acceptors (Lipinski definition) is 3. The van der Waals surface area contributed by atoms with Crippen LogP contribution in [0.15, 0.2) is 36.5 Å². The molecule has 0 fully saturated rings. The van der Waals surface area contributed by atoms with Crippen LogP contribution < -0.4 is 5.32 Å². The zero-order valence-corrected chi connectivity index (χ0v) is 16.7. The van der Waals surface area contributed by atoms with E-state index in [4.69, 9.17) is 0 Å². The van der Waals surface area contributed by atoms with E-state index >= 15 is 0 Å². The van der Waals surface area contributed by atoms with Gasteiger partial charge in [-0.15, -0.1) is 0 Å². The van der Waals surface area contributed by atoms with Crippen LogP contribution in [0, 0.1) is 19.7 Å². The van der Waals surface area contributed by atoms with Crippen LogP contribution >= 0.6 is 28.4 Å². The molecule has 0 saturated carbocycles. The van der Waals surface area contributed by atoms with Crippen LogP contribution in [0.2, 0.25) is 0 Å². The van der Waals surface area contributed by atoms with Crippen molar-refractivity contribution in [3.8, 4) is 0 Å². The summed E-state index contributed by atoms with van der Waals surface area (Å²) >= 11 is 2.29. The Labute approximate surface area is 159 Å². The average Bonchev–Trinajstić information content (AvgIpc) is 2.92. The van der Waals surface area contributed by atoms with Crippen molar-refractivity contribution in [1.82, 2.24) is 14.5 Å². The molecule has 25 heavy (non-hydrogen) atoms. The number of aromatic nitrogens is 3. The van der Waals surface area contributed by atoms with Gasteiger partial charge < -0.3 is 5.32 Å². The number of carbonyl (C=O) groups excluding carboxylic acids is 1. The third-order valence-electron chi connectivity index (χ3n) is 3.71. The fourth-order valence-corrected chi connectivity index (χ4v) is 4.00. The zero-order valence-electron chi connectivity index (χ0n) is 13.5. The van der Waals surface area contributed by atoms with E-state index in [1.165, 1.54) is 12.1 Å². The minimum absolute atomic E-state index is 0.337. The molecule has 0 radical (unpaired) electrons. The van der Waals surface area contributed by atoms with Crippen molar-refractivity contribution in [2.45, 2.75) is 13.8 Å². The molecule has 1 unspecified atom stereocenters. The van der Waals surface area contributed by atoms with Crippen LogP contribution in [-0.2, 0) is 4.79 Å². The van der Waals surface area contributed by atoms with E-state index in [0.717, 1.165) is 28.4 Å². The average molecular weight is 468 g/mol. The van der Waals surface area contributed by atoms with E-state index in [9.17, 15) is 9.18 Å². The van der Waals surface area contributed by atoms with Gasteiger partial charge in [0, 0.05) is 17.5 Å². The van der Waals surface area contributed by atoms with Crippen LogP contribution in [-0.4, -0.2) is 20.4 Å². The van der Waals surface area contributed by atoms with Crippen LogP contribution in [0.5, 0.6) is 0 Å². The number of halogens is 2. The first-order valence-corrected chi connectivity index (χ1v) is 11.5. The van der Waals surface area contributed by atoms with Gasteiger partial charge in [0.15, 0.2) is 0 Å². The summed E-state index contributed by atoms with van der Waals surface area (Å²) < 4.78 is 15.2. The lowest BCUT2D eigenvalue weighted by molar-refractivity contribution is -0.111. The van der Waals surface area contributed by atoms with Gasteiger partial charge in [-0.2, -0.15) is 5.10 Å². The number of nitrogens with one attached hydrogen (secondary N) is 1. The van der Waals surface area contributed by atoms with Crippen molar-refractivity contribution in [1.29, 1.82) is 0 Å². The highest BCUT2D eigenvalue weighted by atomic mass is 127. The molecule has 3 aromatic rings. The van der Waals surface area contributed by atoms with Crippen LogP contribution in [0.25, 0.3) is 17.0 Å². The second kappa shape index (κ2) is 7.58. The van der Waals surface area contributed by atoms with E-state index in [1.54, 1.807) is 13.0 Å². The zero-order chi connectivity index (χ0) is 18.0. The molecule has 0 aliphatic heterocycles. The van der Waals surface area contributed by atoms with Crippen molar-refractivity contribution >= 4 is 57.0 Å². The van der Waals surface area contributed by atoms with E-state index in [0.29, 0.717) is 17.8 Å². The van der Waals surface area contributed by atoms with Gasteiger partial charge in [-0.1, -0.05) is 12.1 Å². The molecule has 0 aliphatic carbocycles. The van der Waals surface area contributed by atoms with Gasteiger partial charge in [0.05, 0.1) is 35.2 Å². The molecular formula is C17H15FIN4OP. The Bertz CT molecular complexity index is 986. The molecule has 0 saturated heterocycles. The maximum Gasteiger partial charge on any atom is 0.248 e. The van der Waals surface area contributed by atoms with Crippen molar-refractivity contribution in [3.05, 3.63) is 59.3 Å². The molecule has 2 heterocycles. The highest BCUT2D eigenvalue weighted by Gasteiger charge is 2.07. The van der Waals surface area contributed by atoms with Crippen LogP contribution in [0.4, 0.5) is 10.1 Å². The number of hydrogen-bond donors (Lipinski definition) is 1. The molecule has 1 aromatic carbocycles. The Morgan fingerprint density at radius 3 is 2.88 bits per heavy atom. The minimum Gasteiger partial charge on any atom is -0.321 e. The highest BCUT2D eigenvalue weighted by Crippen LogP contribution is 2.30. The summed E-state index contributed by atoms with van der Waals surface area (Å²) in [6.45, 7) is 3.69. The monoisotopic (exact) mass is 468 g/mol. The van der Waals surface area contributed by atoms with Crippen molar-refractivity contribution in [2.75, 3.05) is 5.32 Å². The predicted octanol–water partition coefficient (Wildman–Crippen LogP) is 4.63. The normalized spacial score (nSPS) is 11.8. The lowest BCUT2D eigenvalue weighted by atomic mass is 10.1. The summed E-state index contributed by atoms with van der Waals surface area (Å²) in [7, 11) is 0. The number of nitrogens with zero attached hydrogens (tertiary/aromatic N) is 3. The molecule has 3 rings (SSSR count). The minimum atomic E-state index is -0.487. The predicted molar refractivity (Wildman–Crippen MR) is 109 cm³/mol. The maximum absolute atomic E-state index is 13.2. The molecule has 128 valence electrons. The number of amides is 1. The molecule has 0 spiro atoms. The molecule has 1 atom stereocenters. The third kappa shape index (κ3) is 4.04. The summed E-state index contributed by atoms with van der Waals surface area (Å²) in [6.07, 6.45) is 4.77. The van der Waals surface area contributed by atoms with E-state index in [2.05, 4.69) is 37.4 Å². The van der Waals surface area contributed by atoms with Crippen molar-refractivity contribution in [3.63, 3.8) is 0 Å². The number of anilines is 1. The first-order valence-electron chi connectivity index (χ1n) is 7.45. The second-order valence-corrected chi connectivity index (χ2v) is 7.51. The Kier molecular flexibility index (Phi) is 5.44. The summed E-state index contributed by atoms with van der Waals surface area (Å²) in [5, 5.41) is 8.24. The van der Waals surface area contributed by atoms with Gasteiger partial charge >= 0.3 is 0 Å². The molecule has 1 N–H and O–H groups in total. The molecule has 0 aliphatic rings. The van der Waals surface area contributed by atoms with E-state index < -0.39 is 5.82 Å². The van der Waals surface area contributed by atoms with Gasteiger partial charge in [-0.25, -0.2) is 8.84 Å². The van der Waals surface area contributed by atoms with E-state index in [1.807, 2.05) is 29.6 Å². The van der Waals surface area contributed by atoms with Gasteiger partial charge in [-0.05, 0) is 53.6 Å². The summed E-state index contributed by atoms with van der Waals surface area (Å²) in [5.41, 5.74) is 3.85.